The summed E-state index contributed by atoms with van der Waals surface area (Å²) in [5.41, 5.74) is -0.171. The van der Waals surface area contributed by atoms with Gasteiger partial charge in [0.1, 0.15) is 18.1 Å². The summed E-state index contributed by atoms with van der Waals surface area (Å²) in [5.74, 6) is -4.04. The van der Waals surface area contributed by atoms with Gasteiger partial charge in [-0.2, -0.15) is 0 Å². The number of nitrogens with zero attached hydrogens (tertiary/aromatic N) is 2. The maximum Gasteiger partial charge on any atom is 0.407 e. The molecular formula is C35H54N6O8. The van der Waals surface area contributed by atoms with Crippen molar-refractivity contribution < 1.29 is 38.3 Å². The number of ketones is 1. The van der Waals surface area contributed by atoms with Crippen LogP contribution < -0.4 is 21.3 Å². The highest BCUT2D eigenvalue weighted by Gasteiger charge is 2.45. The van der Waals surface area contributed by atoms with Crippen molar-refractivity contribution in [1.29, 1.82) is 0 Å². The Morgan fingerprint density at radius 3 is 2.14 bits per heavy atom. The van der Waals surface area contributed by atoms with Gasteiger partial charge in [-0.3, -0.25) is 28.8 Å². The summed E-state index contributed by atoms with van der Waals surface area (Å²) in [6.45, 7) is 12.4. The van der Waals surface area contributed by atoms with Crippen molar-refractivity contribution in [1.82, 2.24) is 31.1 Å². The van der Waals surface area contributed by atoms with Gasteiger partial charge in [0.05, 0.1) is 19.2 Å². The first kappa shape index (κ1) is 40.7. The minimum Gasteiger partial charge on any atom is -0.449 e. The molecule has 2 unspecified atom stereocenters. The molecule has 1 fully saturated rings. The molecule has 1 aromatic carbocycles. The van der Waals surface area contributed by atoms with Gasteiger partial charge in [0.2, 0.25) is 29.4 Å². The fraction of sp³-hybridized carbons (Fsp3) is 0.629. The molecule has 1 aliphatic rings. The average molecular weight is 687 g/mol. The molecule has 0 spiro atoms. The lowest BCUT2D eigenvalue weighted by Gasteiger charge is -2.37. The molecule has 0 aliphatic carbocycles. The molecule has 5 atom stereocenters. The molecule has 2 rings (SSSR count). The second kappa shape index (κ2) is 18.3. The van der Waals surface area contributed by atoms with E-state index in [1.807, 2.05) is 20.8 Å². The van der Waals surface area contributed by atoms with Gasteiger partial charge >= 0.3 is 6.09 Å². The number of alkyl carbamates (subject to hydrolysis) is 1. The Kier molecular flexibility index (Phi) is 15.2. The van der Waals surface area contributed by atoms with Crippen LogP contribution in [0.2, 0.25) is 0 Å². The Hall–Kier alpha value is -4.49. The number of ether oxygens (including phenoxy) is 1. The summed E-state index contributed by atoms with van der Waals surface area (Å²) in [6, 6.07) is 4.14. The van der Waals surface area contributed by atoms with Crippen LogP contribution in [0.1, 0.15) is 85.8 Å². The predicted molar refractivity (Wildman–Crippen MR) is 183 cm³/mol. The molecule has 272 valence electrons. The van der Waals surface area contributed by atoms with Crippen LogP contribution in [0.4, 0.5) is 4.79 Å². The Morgan fingerprint density at radius 2 is 1.59 bits per heavy atom. The maximum atomic E-state index is 13.9. The standard InChI is InChI=1S/C35H54N6O8/c1-10-14-24(28(43)31(45)36-19-26(42)38-27(32(46)40(8)9)23-15-12-11-13-16-23)37-30(44)25-18-17-22(4)41(25)33(47)29(35(5,6)7)39-34(48)49-20-21(2)3/h11-13,15-16,21-22,24-25,27,29H,10,14,17-20H2,1-9H3,(H,36,45)(H,37,44)(H,38,42)(H,39,48)/t22-,24?,25?,27-,29+/m0/s1. The van der Waals surface area contributed by atoms with Gasteiger partial charge < -0.3 is 35.8 Å². The number of amides is 6. The molecule has 1 aromatic rings. The van der Waals surface area contributed by atoms with Gasteiger partial charge in [0.25, 0.3) is 5.91 Å². The van der Waals surface area contributed by atoms with Gasteiger partial charge in [-0.15, -0.1) is 0 Å². The lowest BCUT2D eigenvalue weighted by molar-refractivity contribution is -0.145. The maximum absolute atomic E-state index is 13.9. The van der Waals surface area contributed by atoms with Crippen molar-refractivity contribution in [3.8, 4) is 0 Å². The Morgan fingerprint density at radius 1 is 0.959 bits per heavy atom. The lowest BCUT2D eigenvalue weighted by atomic mass is 9.85. The zero-order valence-corrected chi connectivity index (χ0v) is 30.3. The van der Waals surface area contributed by atoms with Crippen molar-refractivity contribution in [2.75, 3.05) is 27.2 Å². The fourth-order valence-corrected chi connectivity index (χ4v) is 5.45. The summed E-state index contributed by atoms with van der Waals surface area (Å²) in [6.07, 6.45) is 0.695. The van der Waals surface area contributed by atoms with Crippen LogP contribution in [-0.4, -0.2) is 103 Å². The van der Waals surface area contributed by atoms with E-state index in [2.05, 4.69) is 21.3 Å². The van der Waals surface area contributed by atoms with E-state index < -0.39 is 71.6 Å². The topological polar surface area (TPSA) is 183 Å². The van der Waals surface area contributed by atoms with Gasteiger partial charge in [0.15, 0.2) is 0 Å². The number of hydrogen-bond donors (Lipinski definition) is 4. The molecule has 1 heterocycles. The Balaban J connectivity index is 2.12. The van der Waals surface area contributed by atoms with E-state index in [1.54, 1.807) is 72.1 Å². The molecule has 49 heavy (non-hydrogen) atoms. The van der Waals surface area contributed by atoms with E-state index in [-0.39, 0.29) is 30.9 Å². The highest BCUT2D eigenvalue weighted by molar-refractivity contribution is 6.38. The molecular weight excluding hydrogens is 632 g/mol. The number of nitrogens with one attached hydrogen (secondary N) is 4. The average Bonchev–Trinajstić information content (AvgIpc) is 3.43. The molecule has 14 heteroatoms. The first-order valence-electron chi connectivity index (χ1n) is 16.8. The highest BCUT2D eigenvalue weighted by atomic mass is 16.5. The number of likely N-dealkylation sites (tertiary alicyclic amines) is 1. The summed E-state index contributed by atoms with van der Waals surface area (Å²) >= 11 is 0. The Bertz CT molecular complexity index is 1340. The quantitative estimate of drug-likeness (QED) is 0.202. The van der Waals surface area contributed by atoms with Crippen molar-refractivity contribution >= 4 is 41.4 Å². The van der Waals surface area contributed by atoms with Crippen LogP contribution in [0, 0.1) is 11.3 Å². The van der Waals surface area contributed by atoms with E-state index >= 15 is 0 Å². The molecule has 4 N–H and O–H groups in total. The van der Waals surface area contributed by atoms with E-state index in [0.29, 0.717) is 24.8 Å². The van der Waals surface area contributed by atoms with Gasteiger partial charge in [-0.05, 0) is 43.1 Å². The monoisotopic (exact) mass is 686 g/mol. The second-order valence-corrected chi connectivity index (χ2v) is 14.2. The molecule has 0 bridgehead atoms. The van der Waals surface area contributed by atoms with Crippen LogP contribution in [-0.2, 0) is 33.5 Å². The van der Waals surface area contributed by atoms with E-state index in [1.165, 1.54) is 9.80 Å². The van der Waals surface area contributed by atoms with Gasteiger partial charge in [0, 0.05) is 20.1 Å². The zero-order valence-electron chi connectivity index (χ0n) is 30.3. The largest absolute Gasteiger partial charge is 0.449 e. The normalized spacial score (nSPS) is 17.7. The van der Waals surface area contributed by atoms with Crippen LogP contribution in [0.3, 0.4) is 0 Å². The molecule has 14 nitrogen and oxygen atoms in total. The van der Waals surface area contributed by atoms with Crippen LogP contribution in [0.15, 0.2) is 30.3 Å². The third-order valence-electron chi connectivity index (χ3n) is 8.12. The van der Waals surface area contributed by atoms with Crippen molar-refractivity contribution in [3.05, 3.63) is 35.9 Å². The van der Waals surface area contributed by atoms with Gasteiger partial charge in [-0.1, -0.05) is 78.3 Å². The minimum absolute atomic E-state index is 0.102. The third-order valence-corrected chi connectivity index (χ3v) is 8.12. The summed E-state index contributed by atoms with van der Waals surface area (Å²) in [5, 5.41) is 10.2. The van der Waals surface area contributed by atoms with Crippen molar-refractivity contribution in [2.45, 2.75) is 104 Å². The number of carbonyl (C=O) groups is 7. The number of carbonyl (C=O) groups excluding carboxylic acids is 7. The Labute approximate surface area is 289 Å². The van der Waals surface area contributed by atoms with Crippen LogP contribution >= 0.6 is 0 Å². The molecule has 1 saturated heterocycles. The lowest BCUT2D eigenvalue weighted by Crippen LogP contribution is -2.60. The van der Waals surface area contributed by atoms with E-state index in [4.69, 9.17) is 4.74 Å². The predicted octanol–water partition coefficient (Wildman–Crippen LogP) is 2.08. The summed E-state index contributed by atoms with van der Waals surface area (Å²) < 4.78 is 5.25. The minimum atomic E-state index is -1.21. The van der Waals surface area contributed by atoms with Crippen molar-refractivity contribution in [3.63, 3.8) is 0 Å². The first-order chi connectivity index (χ1) is 22.9. The summed E-state index contributed by atoms with van der Waals surface area (Å²) in [7, 11) is 3.11. The van der Waals surface area contributed by atoms with Crippen LogP contribution in [0.5, 0.6) is 0 Å². The van der Waals surface area contributed by atoms with Gasteiger partial charge in [-0.25, -0.2) is 4.79 Å². The van der Waals surface area contributed by atoms with Crippen LogP contribution in [0.25, 0.3) is 0 Å². The molecule has 0 aromatic heterocycles. The number of rotatable bonds is 15. The van der Waals surface area contributed by atoms with E-state index in [0.717, 1.165) is 0 Å². The highest BCUT2D eigenvalue weighted by Crippen LogP contribution is 2.29. The SMILES string of the molecule is CCCC(NC(=O)C1CC[C@H](C)N1C(=O)[C@@H](NC(=O)OCC(C)C)C(C)(C)C)C(=O)C(=O)NCC(=O)N[C@H](C(=O)N(C)C)c1ccccc1. The number of benzene rings is 1. The fourth-order valence-electron chi connectivity index (χ4n) is 5.45. The molecule has 6 amide bonds. The third kappa shape index (κ3) is 11.9. The first-order valence-corrected chi connectivity index (χ1v) is 16.8. The number of Topliss-reactive ketones (excluding diaryl/α,β-unsaturated/α-hetero) is 1. The van der Waals surface area contributed by atoms with E-state index in [9.17, 15) is 33.6 Å². The molecule has 1 aliphatic heterocycles. The second-order valence-electron chi connectivity index (χ2n) is 14.2. The number of likely N-dealkylation sites (N-methyl/N-ethyl adjacent to an activating group) is 1. The molecule has 0 radical (unpaired) electrons. The summed E-state index contributed by atoms with van der Waals surface area (Å²) in [4.78, 5) is 94.5. The number of hydrogen-bond acceptors (Lipinski definition) is 8. The van der Waals surface area contributed by atoms with Crippen molar-refractivity contribution in [2.24, 2.45) is 11.3 Å². The zero-order chi connectivity index (χ0) is 37.1. The smallest absolute Gasteiger partial charge is 0.407 e. The molecule has 0 saturated carbocycles.